The van der Waals surface area contributed by atoms with Crippen molar-refractivity contribution < 1.29 is 5.11 Å². The van der Waals surface area contributed by atoms with Crippen molar-refractivity contribution in [1.29, 1.82) is 0 Å². The number of aliphatic hydroxyl groups is 1. The molecule has 0 saturated carbocycles. The van der Waals surface area contributed by atoms with Crippen molar-refractivity contribution in [1.82, 2.24) is 5.73 Å². The second kappa shape index (κ2) is 3.51. The molecule has 0 aromatic heterocycles. The van der Waals surface area contributed by atoms with Gasteiger partial charge in [-0.05, 0) is 18.1 Å². The molecule has 0 aliphatic carbocycles. The maximum atomic E-state index is 9.14. The van der Waals surface area contributed by atoms with E-state index in [1.165, 1.54) is 0 Å². The highest BCUT2D eigenvalue weighted by Crippen LogP contribution is 2.12. The Kier molecular flexibility index (Phi) is 2.63. The molecule has 2 nitrogen and oxygen atoms in total. The maximum Gasteiger partial charge on any atom is 0.0761 e. The first-order chi connectivity index (χ1) is 5.24. The fraction of sp³-hybridized carbons (Fsp3) is 0.333. The average Bonchev–Trinajstić information content (AvgIpc) is 2.05. The second-order valence-corrected chi connectivity index (χ2v) is 2.59. The van der Waals surface area contributed by atoms with Gasteiger partial charge in [-0.15, -0.1) is 0 Å². The van der Waals surface area contributed by atoms with Gasteiger partial charge in [0.1, 0.15) is 0 Å². The van der Waals surface area contributed by atoms with Gasteiger partial charge in [-0.1, -0.05) is 24.3 Å². The minimum absolute atomic E-state index is 0.306. The Morgan fingerprint density at radius 1 is 1.36 bits per heavy atom. The number of benzene rings is 1. The van der Waals surface area contributed by atoms with Crippen LogP contribution in [0.15, 0.2) is 24.3 Å². The zero-order chi connectivity index (χ0) is 8.27. The van der Waals surface area contributed by atoms with Crippen LogP contribution in [0, 0.1) is 0 Å². The van der Waals surface area contributed by atoms with Crippen molar-refractivity contribution in [2.24, 2.45) is 0 Å². The highest BCUT2D eigenvalue weighted by molar-refractivity contribution is 5.23. The first-order valence-corrected chi connectivity index (χ1v) is 3.65. The van der Waals surface area contributed by atoms with Crippen molar-refractivity contribution in [3.05, 3.63) is 35.4 Å². The molecule has 2 N–H and O–H groups in total. The largest absolute Gasteiger partial charge is 0.389 e. The van der Waals surface area contributed by atoms with Gasteiger partial charge in [-0.2, -0.15) is 0 Å². The van der Waals surface area contributed by atoms with Gasteiger partial charge in [0.15, 0.2) is 0 Å². The average molecular weight is 150 g/mol. The number of nitrogens with one attached hydrogen (secondary N) is 1. The van der Waals surface area contributed by atoms with Crippen molar-refractivity contribution >= 4 is 0 Å². The highest BCUT2D eigenvalue weighted by atomic mass is 16.3. The van der Waals surface area contributed by atoms with Gasteiger partial charge in [0.05, 0.1) is 6.10 Å². The summed E-state index contributed by atoms with van der Waals surface area (Å²) >= 11 is 0. The van der Waals surface area contributed by atoms with Crippen LogP contribution in [0.1, 0.15) is 24.2 Å². The smallest absolute Gasteiger partial charge is 0.0761 e. The van der Waals surface area contributed by atoms with Crippen LogP contribution in [0.2, 0.25) is 0 Å². The summed E-state index contributed by atoms with van der Waals surface area (Å²) in [5.74, 6) is 0. The monoisotopic (exact) mass is 150 g/mol. The van der Waals surface area contributed by atoms with Crippen LogP contribution in [0.25, 0.3) is 0 Å². The van der Waals surface area contributed by atoms with E-state index in [9.17, 15) is 0 Å². The molecular formula is C9H12NO. The van der Waals surface area contributed by atoms with Gasteiger partial charge in [-0.25, -0.2) is 0 Å². The Morgan fingerprint density at radius 3 is 2.27 bits per heavy atom. The Balaban J connectivity index is 2.83. The van der Waals surface area contributed by atoms with Crippen LogP contribution in [0.3, 0.4) is 0 Å². The predicted molar refractivity (Wildman–Crippen MR) is 43.9 cm³/mol. The van der Waals surface area contributed by atoms with E-state index < -0.39 is 6.10 Å². The van der Waals surface area contributed by atoms with Crippen molar-refractivity contribution in [3.8, 4) is 0 Å². The Bertz CT molecular complexity index is 216. The van der Waals surface area contributed by atoms with Gasteiger partial charge < -0.3 is 5.11 Å². The van der Waals surface area contributed by atoms with E-state index in [1.54, 1.807) is 6.92 Å². The van der Waals surface area contributed by atoms with Crippen LogP contribution in [0.5, 0.6) is 0 Å². The van der Waals surface area contributed by atoms with Gasteiger partial charge in [-0.3, -0.25) is 5.73 Å². The molecule has 0 heterocycles. The Hall–Kier alpha value is -0.860. The number of hydrogen-bond acceptors (Lipinski definition) is 1. The van der Waals surface area contributed by atoms with Crippen LogP contribution in [-0.2, 0) is 6.54 Å². The summed E-state index contributed by atoms with van der Waals surface area (Å²) < 4.78 is 0. The minimum atomic E-state index is -0.408. The van der Waals surface area contributed by atoms with Gasteiger partial charge in [0.25, 0.3) is 0 Å². The van der Waals surface area contributed by atoms with Crippen molar-refractivity contribution in [2.75, 3.05) is 0 Å². The number of hydrogen-bond donors (Lipinski definition) is 1. The molecule has 1 radical (unpaired) electrons. The fourth-order valence-electron chi connectivity index (χ4n) is 0.914. The summed E-state index contributed by atoms with van der Waals surface area (Å²) in [4.78, 5) is 0. The van der Waals surface area contributed by atoms with Crippen molar-refractivity contribution in [2.45, 2.75) is 19.6 Å². The van der Waals surface area contributed by atoms with Gasteiger partial charge in [0.2, 0.25) is 0 Å². The fourth-order valence-corrected chi connectivity index (χ4v) is 0.914. The Labute approximate surface area is 66.7 Å². The molecule has 0 spiro atoms. The third-order valence-electron chi connectivity index (χ3n) is 1.67. The predicted octanol–water partition coefficient (Wildman–Crippen LogP) is 1.52. The quantitative estimate of drug-likeness (QED) is 0.682. The zero-order valence-corrected chi connectivity index (χ0v) is 6.54. The molecular weight excluding hydrogens is 138 g/mol. The third-order valence-corrected chi connectivity index (χ3v) is 1.67. The summed E-state index contributed by atoms with van der Waals surface area (Å²) in [6.45, 7) is 2.04. The van der Waals surface area contributed by atoms with Crippen LogP contribution in [0.4, 0.5) is 0 Å². The van der Waals surface area contributed by atoms with Crippen molar-refractivity contribution in [3.63, 3.8) is 0 Å². The van der Waals surface area contributed by atoms with Crippen LogP contribution < -0.4 is 5.73 Å². The molecule has 2 heteroatoms. The normalized spacial score (nSPS) is 13.0. The van der Waals surface area contributed by atoms with E-state index in [1.807, 2.05) is 24.3 Å². The zero-order valence-electron chi connectivity index (χ0n) is 6.54. The maximum absolute atomic E-state index is 9.14. The lowest BCUT2D eigenvalue weighted by atomic mass is 10.1. The lowest BCUT2D eigenvalue weighted by Crippen LogP contribution is -1.91. The molecule has 0 amide bonds. The molecule has 0 bridgehead atoms. The van der Waals surface area contributed by atoms with E-state index in [0.717, 1.165) is 11.1 Å². The Morgan fingerprint density at radius 2 is 1.91 bits per heavy atom. The molecule has 1 atom stereocenters. The molecule has 1 aromatic rings. The van der Waals surface area contributed by atoms with E-state index in [4.69, 9.17) is 10.8 Å². The number of aliphatic hydroxyl groups excluding tert-OH is 1. The standard InChI is InChI=1S/C9H12NO/c1-7(11)9-4-2-8(6-10)3-5-9/h2-5,7,10-11H,6H2,1H3. The van der Waals surface area contributed by atoms with E-state index in [-0.39, 0.29) is 0 Å². The third kappa shape index (κ3) is 2.03. The topological polar surface area (TPSA) is 44.0 Å². The lowest BCUT2D eigenvalue weighted by Gasteiger charge is -2.04. The second-order valence-electron chi connectivity index (χ2n) is 2.59. The van der Waals surface area contributed by atoms with E-state index >= 15 is 0 Å². The van der Waals surface area contributed by atoms with E-state index in [0.29, 0.717) is 6.54 Å². The lowest BCUT2D eigenvalue weighted by molar-refractivity contribution is 0.199. The number of rotatable bonds is 2. The minimum Gasteiger partial charge on any atom is -0.389 e. The summed E-state index contributed by atoms with van der Waals surface area (Å²) in [6, 6.07) is 7.45. The molecule has 0 aliphatic rings. The molecule has 0 fully saturated rings. The van der Waals surface area contributed by atoms with Crippen LogP contribution in [-0.4, -0.2) is 5.11 Å². The molecule has 11 heavy (non-hydrogen) atoms. The SMILES string of the molecule is CC(O)c1ccc(C[NH])cc1. The first kappa shape index (κ1) is 8.24. The highest BCUT2D eigenvalue weighted by Gasteiger charge is 1.98. The molecule has 0 saturated heterocycles. The van der Waals surface area contributed by atoms with Gasteiger partial charge in [0, 0.05) is 6.54 Å². The molecule has 1 unspecified atom stereocenters. The summed E-state index contributed by atoms with van der Waals surface area (Å²) in [5.41, 5.74) is 8.94. The molecule has 1 aromatic carbocycles. The summed E-state index contributed by atoms with van der Waals surface area (Å²) in [7, 11) is 0. The van der Waals surface area contributed by atoms with Gasteiger partial charge >= 0.3 is 0 Å². The summed E-state index contributed by atoms with van der Waals surface area (Å²) in [5, 5.41) is 9.14. The summed E-state index contributed by atoms with van der Waals surface area (Å²) in [6.07, 6.45) is -0.408. The molecule has 0 aliphatic heterocycles. The van der Waals surface area contributed by atoms with Crippen LogP contribution >= 0.6 is 0 Å². The molecule has 1 rings (SSSR count). The van der Waals surface area contributed by atoms with E-state index in [2.05, 4.69) is 0 Å². The molecule has 59 valence electrons. The first-order valence-electron chi connectivity index (χ1n) is 3.65.